The number of alkyl halides is 1. The van der Waals surface area contributed by atoms with Gasteiger partial charge in [-0.2, -0.15) is 0 Å². The van der Waals surface area contributed by atoms with Crippen LogP contribution in [0.2, 0.25) is 0 Å². The number of carbonyl (C=O) groups excluding carboxylic acids is 4. The molecule has 3 rings (SSSR count). The number of aliphatic hydroxyl groups excluding tert-OH is 1. The molecule has 14 heteroatoms. The minimum Gasteiger partial charge on any atom is -0.509 e. The van der Waals surface area contributed by atoms with E-state index in [2.05, 4.69) is 21.2 Å². The fraction of sp³-hybridized carbons (Fsp3) is 0.238. The summed E-state index contributed by atoms with van der Waals surface area (Å²) >= 11 is 5.07. The van der Waals surface area contributed by atoms with E-state index in [1.54, 1.807) is 12.1 Å². The smallest absolute Gasteiger partial charge is 0.358 e. The van der Waals surface area contributed by atoms with E-state index in [4.69, 9.17) is 4.74 Å². The second-order valence-electron chi connectivity index (χ2n) is 7.06. The molecular formula is C21H18BrN3O8S2. The monoisotopic (exact) mass is 583 g/mol. The molecule has 0 radical (unpaired) electrons. The number of halogens is 1. The van der Waals surface area contributed by atoms with Crippen molar-refractivity contribution in [1.29, 1.82) is 0 Å². The normalized spacial score (nSPS) is 17.7. The maximum absolute atomic E-state index is 12.9. The molecule has 2 unspecified atom stereocenters. The highest BCUT2D eigenvalue weighted by atomic mass is 79.9. The van der Waals surface area contributed by atoms with Crippen molar-refractivity contribution in [3.05, 3.63) is 73.8 Å². The highest BCUT2D eigenvalue weighted by Gasteiger charge is 2.52. The summed E-state index contributed by atoms with van der Waals surface area (Å²) in [5.41, 5.74) is 0.295. The van der Waals surface area contributed by atoms with E-state index in [1.807, 2.05) is 5.38 Å². The summed E-state index contributed by atoms with van der Waals surface area (Å²) in [6, 6.07) is 7.77. The molecule has 1 aromatic heterocycles. The van der Waals surface area contributed by atoms with Crippen molar-refractivity contribution in [1.82, 2.24) is 10.2 Å². The standard InChI is InChI=1S/C21H18BrN3O8S2/c22-9-15(27)18(21(30)33-10-12-3-5-13(6-4-12)25(31)32)24-19(29)17(20(24)35-11-26)23-16(28)8-14-2-1-7-34-14/h1-7,11,17,20,27H,8-10H2,(H,23,28). The molecule has 2 N–H and O–H groups in total. The zero-order valence-electron chi connectivity index (χ0n) is 17.8. The van der Waals surface area contributed by atoms with Crippen LogP contribution < -0.4 is 5.32 Å². The summed E-state index contributed by atoms with van der Waals surface area (Å²) in [5.74, 6) is -2.68. The number of aliphatic hydroxyl groups is 1. The van der Waals surface area contributed by atoms with Crippen LogP contribution in [0.4, 0.5) is 5.69 Å². The number of hydrogen-bond donors (Lipinski definition) is 2. The minimum atomic E-state index is -1.08. The van der Waals surface area contributed by atoms with Gasteiger partial charge in [0, 0.05) is 17.0 Å². The van der Waals surface area contributed by atoms with Crippen molar-refractivity contribution in [2.24, 2.45) is 0 Å². The third kappa shape index (κ3) is 6.26. The molecule has 2 atom stereocenters. The number of allylic oxidation sites excluding steroid dienone is 1. The van der Waals surface area contributed by atoms with Crippen LogP contribution in [0.3, 0.4) is 0 Å². The Morgan fingerprint density at radius 2 is 2.03 bits per heavy atom. The summed E-state index contributed by atoms with van der Waals surface area (Å²) in [6.07, 6.45) is 0.0482. The minimum absolute atomic E-state index is 0.0482. The van der Waals surface area contributed by atoms with Crippen LogP contribution in [0.15, 0.2) is 53.2 Å². The molecule has 11 nitrogen and oxygen atoms in total. The topological polar surface area (TPSA) is 156 Å². The number of amides is 2. The first-order valence-electron chi connectivity index (χ1n) is 9.89. The number of nitro benzene ring substituents is 1. The number of ether oxygens (including phenoxy) is 1. The molecule has 0 bridgehead atoms. The Labute approximate surface area is 215 Å². The molecule has 1 aliphatic rings. The van der Waals surface area contributed by atoms with E-state index >= 15 is 0 Å². The highest BCUT2D eigenvalue weighted by molar-refractivity contribution is 9.09. The fourth-order valence-electron chi connectivity index (χ4n) is 3.18. The van der Waals surface area contributed by atoms with Gasteiger partial charge in [-0.15, -0.1) is 11.3 Å². The first-order chi connectivity index (χ1) is 16.8. The molecule has 1 aromatic carbocycles. The predicted molar refractivity (Wildman–Crippen MR) is 131 cm³/mol. The molecule has 2 aromatic rings. The molecule has 35 heavy (non-hydrogen) atoms. The number of esters is 1. The van der Waals surface area contributed by atoms with Gasteiger partial charge in [0.2, 0.25) is 5.91 Å². The maximum Gasteiger partial charge on any atom is 0.358 e. The quantitative estimate of drug-likeness (QED) is 0.0593. The number of nitro groups is 1. The van der Waals surface area contributed by atoms with E-state index in [0.717, 1.165) is 9.78 Å². The van der Waals surface area contributed by atoms with Crippen LogP contribution >= 0.6 is 39.0 Å². The lowest BCUT2D eigenvalue weighted by Crippen LogP contribution is -2.69. The predicted octanol–water partition coefficient (Wildman–Crippen LogP) is 2.68. The maximum atomic E-state index is 12.9. The zero-order chi connectivity index (χ0) is 25.5. The van der Waals surface area contributed by atoms with Crippen LogP contribution in [-0.2, 0) is 36.9 Å². The summed E-state index contributed by atoms with van der Waals surface area (Å²) in [4.78, 5) is 61.2. The number of nitrogens with one attached hydrogen (secondary N) is 1. The van der Waals surface area contributed by atoms with Gasteiger partial charge in [0.05, 0.1) is 16.7 Å². The van der Waals surface area contributed by atoms with E-state index in [9.17, 15) is 34.4 Å². The second kappa shape index (κ2) is 12.0. The van der Waals surface area contributed by atoms with Crippen molar-refractivity contribution in [3.8, 4) is 0 Å². The van der Waals surface area contributed by atoms with Crippen LogP contribution in [-0.4, -0.2) is 55.1 Å². The molecule has 2 heterocycles. The number of thioether (sulfide) groups is 1. The molecule has 184 valence electrons. The summed E-state index contributed by atoms with van der Waals surface area (Å²) in [7, 11) is 0. The van der Waals surface area contributed by atoms with Crippen molar-refractivity contribution in [2.75, 3.05) is 5.33 Å². The Bertz CT molecular complexity index is 1150. The number of nitrogens with zero attached hydrogens (tertiary/aromatic N) is 2. The Hall–Kier alpha value is -3.23. The van der Waals surface area contributed by atoms with Gasteiger partial charge in [-0.3, -0.25) is 29.4 Å². The van der Waals surface area contributed by atoms with E-state index in [1.165, 1.54) is 35.6 Å². The van der Waals surface area contributed by atoms with Gasteiger partial charge < -0.3 is 15.2 Å². The Morgan fingerprint density at radius 1 is 1.31 bits per heavy atom. The van der Waals surface area contributed by atoms with Gasteiger partial charge in [0.25, 0.3) is 11.6 Å². The van der Waals surface area contributed by atoms with Gasteiger partial charge in [-0.25, -0.2) is 4.79 Å². The lowest BCUT2D eigenvalue weighted by atomic mass is 10.0. The summed E-state index contributed by atoms with van der Waals surface area (Å²) in [5, 5.41) is 24.3. The van der Waals surface area contributed by atoms with Gasteiger partial charge in [-0.05, 0) is 29.1 Å². The van der Waals surface area contributed by atoms with E-state index in [-0.39, 0.29) is 24.0 Å². The van der Waals surface area contributed by atoms with Crippen molar-refractivity contribution >= 4 is 68.1 Å². The van der Waals surface area contributed by atoms with Crippen molar-refractivity contribution in [3.63, 3.8) is 0 Å². The van der Waals surface area contributed by atoms with Crippen LogP contribution in [0.5, 0.6) is 0 Å². The highest BCUT2D eigenvalue weighted by Crippen LogP contribution is 2.34. The molecule has 2 amide bonds. The average molecular weight is 584 g/mol. The molecule has 1 saturated heterocycles. The lowest BCUT2D eigenvalue weighted by Gasteiger charge is -2.45. The largest absolute Gasteiger partial charge is 0.509 e. The molecular weight excluding hydrogens is 566 g/mol. The number of benzene rings is 1. The third-order valence-electron chi connectivity index (χ3n) is 4.82. The van der Waals surface area contributed by atoms with E-state index < -0.39 is 45.6 Å². The van der Waals surface area contributed by atoms with Crippen LogP contribution in [0, 0.1) is 10.1 Å². The van der Waals surface area contributed by atoms with Gasteiger partial charge in [0.1, 0.15) is 23.8 Å². The van der Waals surface area contributed by atoms with Gasteiger partial charge in [0.15, 0.2) is 11.3 Å². The number of carbonyl (C=O) groups is 4. The second-order valence-corrected chi connectivity index (χ2v) is 9.60. The number of likely N-dealkylation sites (tertiary alicyclic amines) is 1. The molecule has 1 aliphatic heterocycles. The van der Waals surface area contributed by atoms with Gasteiger partial charge in [-0.1, -0.05) is 33.8 Å². The number of non-ortho nitro benzene ring substituents is 1. The molecule has 0 aliphatic carbocycles. The average Bonchev–Trinajstić information content (AvgIpc) is 3.36. The SMILES string of the molecule is O=CSC1C(NC(=O)Cc2cccs2)C(=O)N1C(C(=O)OCc1ccc([N+](=O)[O-])cc1)=C(O)CBr. The first-order valence-corrected chi connectivity index (χ1v) is 12.8. The Kier molecular flexibility index (Phi) is 9.01. The Balaban J connectivity index is 1.72. The number of hydrogen-bond acceptors (Lipinski definition) is 10. The number of thiophene rings is 1. The van der Waals surface area contributed by atoms with Gasteiger partial charge >= 0.3 is 5.97 Å². The summed E-state index contributed by atoms with van der Waals surface area (Å²) < 4.78 is 5.21. The summed E-state index contributed by atoms with van der Waals surface area (Å²) in [6.45, 7) is -0.287. The van der Waals surface area contributed by atoms with E-state index in [0.29, 0.717) is 22.9 Å². The Morgan fingerprint density at radius 3 is 2.60 bits per heavy atom. The number of β-lactam (4-membered cyclic amide) rings is 1. The lowest BCUT2D eigenvalue weighted by molar-refractivity contribution is -0.384. The zero-order valence-corrected chi connectivity index (χ0v) is 21.0. The van der Waals surface area contributed by atoms with Crippen LogP contribution in [0.1, 0.15) is 10.4 Å². The third-order valence-corrected chi connectivity index (χ3v) is 7.10. The van der Waals surface area contributed by atoms with Crippen LogP contribution in [0.25, 0.3) is 0 Å². The van der Waals surface area contributed by atoms with Crippen molar-refractivity contribution in [2.45, 2.75) is 24.4 Å². The fourth-order valence-corrected chi connectivity index (χ4v) is 4.93. The number of rotatable bonds is 11. The molecule has 1 fully saturated rings. The molecule has 0 spiro atoms. The molecule has 0 saturated carbocycles. The van der Waals surface area contributed by atoms with Crippen molar-refractivity contribution < 1.29 is 33.9 Å². The first kappa shape index (κ1) is 26.4.